The Balaban J connectivity index is 5.26. The van der Waals surface area contributed by atoms with E-state index in [9.17, 15) is 14.4 Å². The van der Waals surface area contributed by atoms with Gasteiger partial charge in [0.05, 0.1) is 0 Å². The fraction of sp³-hybridized carbons (Fsp3) is 0.750. The van der Waals surface area contributed by atoms with Gasteiger partial charge in [0.2, 0.25) is 0 Å². The van der Waals surface area contributed by atoms with Crippen molar-refractivity contribution in [3.63, 3.8) is 0 Å². The van der Waals surface area contributed by atoms with Gasteiger partial charge in [-0.1, -0.05) is 65.5 Å². The molecule has 0 aromatic carbocycles. The van der Waals surface area contributed by atoms with E-state index in [0.717, 1.165) is 38.1 Å². The van der Waals surface area contributed by atoms with Crippen LogP contribution in [0.25, 0.3) is 0 Å². The summed E-state index contributed by atoms with van der Waals surface area (Å²) in [7, 11) is 4.07. The van der Waals surface area contributed by atoms with Crippen LogP contribution in [0.2, 0.25) is 0 Å². The van der Waals surface area contributed by atoms with E-state index < -0.39 is 23.6 Å². The lowest BCUT2D eigenvalue weighted by atomic mass is 10.1. The molecule has 0 fully saturated rings. The topological polar surface area (TPSA) is 97.4 Å². The van der Waals surface area contributed by atoms with Crippen molar-refractivity contribution in [1.29, 1.82) is 0 Å². The molecule has 0 saturated carbocycles. The molecule has 0 unspecified atom stereocenters. The van der Waals surface area contributed by atoms with Crippen molar-refractivity contribution in [2.75, 3.05) is 53.5 Å². The first-order chi connectivity index (χ1) is 17.6. The SMILES string of the molecule is C=CC(=O)OCC(C)(COC(=O)C=C)NC(=O)OC(CN(C)CCCCCC)CN(C)CCCCCC. The first-order valence-electron chi connectivity index (χ1n) is 13.5. The summed E-state index contributed by atoms with van der Waals surface area (Å²) in [6.45, 7) is 15.3. The summed E-state index contributed by atoms with van der Waals surface area (Å²) < 4.78 is 16.1. The van der Waals surface area contributed by atoms with Crippen LogP contribution in [0.1, 0.15) is 72.1 Å². The second kappa shape index (κ2) is 20.6. The summed E-state index contributed by atoms with van der Waals surface area (Å²) in [6, 6.07) is 0. The van der Waals surface area contributed by atoms with Gasteiger partial charge in [-0.05, 0) is 47.0 Å². The fourth-order valence-corrected chi connectivity index (χ4v) is 3.75. The molecule has 0 heterocycles. The first kappa shape index (κ1) is 34.6. The molecule has 9 nitrogen and oxygen atoms in total. The fourth-order valence-electron chi connectivity index (χ4n) is 3.75. The summed E-state index contributed by atoms with van der Waals surface area (Å²) in [5, 5.41) is 2.73. The molecule has 0 aliphatic carbocycles. The van der Waals surface area contributed by atoms with E-state index in [1.165, 1.54) is 38.5 Å². The van der Waals surface area contributed by atoms with Crippen LogP contribution in [0.5, 0.6) is 0 Å². The van der Waals surface area contributed by atoms with Crippen LogP contribution in [0.15, 0.2) is 25.3 Å². The predicted molar refractivity (Wildman–Crippen MR) is 147 cm³/mol. The highest BCUT2D eigenvalue weighted by Crippen LogP contribution is 2.10. The van der Waals surface area contributed by atoms with Crippen LogP contribution < -0.4 is 5.32 Å². The number of unbranched alkanes of at least 4 members (excludes halogenated alkanes) is 6. The summed E-state index contributed by atoms with van der Waals surface area (Å²) in [5.74, 6) is -1.30. The van der Waals surface area contributed by atoms with Gasteiger partial charge in [0, 0.05) is 25.2 Å². The third kappa shape index (κ3) is 18.5. The number of ether oxygens (including phenoxy) is 3. The minimum absolute atomic E-state index is 0.225. The normalized spacial score (nSPS) is 11.5. The predicted octanol–water partition coefficient (Wildman–Crippen LogP) is 4.32. The molecular formula is C28H51N3O6. The molecule has 0 rings (SSSR count). The molecule has 37 heavy (non-hydrogen) atoms. The maximum atomic E-state index is 13.0. The number of hydrogen-bond donors (Lipinski definition) is 1. The van der Waals surface area contributed by atoms with Crippen molar-refractivity contribution in [2.45, 2.75) is 83.8 Å². The Morgan fingerprint density at radius 3 is 1.62 bits per heavy atom. The quantitative estimate of drug-likeness (QED) is 0.0966. The van der Waals surface area contributed by atoms with E-state index in [1.807, 2.05) is 14.1 Å². The van der Waals surface area contributed by atoms with E-state index in [1.54, 1.807) is 6.92 Å². The Labute approximate surface area is 224 Å². The highest BCUT2D eigenvalue weighted by Gasteiger charge is 2.32. The maximum absolute atomic E-state index is 13.0. The van der Waals surface area contributed by atoms with Crippen LogP contribution in [-0.4, -0.2) is 93.0 Å². The van der Waals surface area contributed by atoms with Gasteiger partial charge < -0.3 is 29.3 Å². The molecule has 0 aromatic rings. The number of nitrogens with one attached hydrogen (secondary N) is 1. The van der Waals surface area contributed by atoms with Crippen LogP contribution in [-0.2, 0) is 23.8 Å². The lowest BCUT2D eigenvalue weighted by Gasteiger charge is -2.32. The number of carbonyl (C=O) groups is 3. The zero-order chi connectivity index (χ0) is 28.1. The van der Waals surface area contributed by atoms with E-state index in [4.69, 9.17) is 14.2 Å². The minimum Gasteiger partial charge on any atom is -0.460 e. The van der Waals surface area contributed by atoms with E-state index in [2.05, 4.69) is 42.1 Å². The zero-order valence-corrected chi connectivity index (χ0v) is 23.9. The Hall–Kier alpha value is -2.39. The molecule has 0 bridgehead atoms. The van der Waals surface area contributed by atoms with Gasteiger partial charge in [0.15, 0.2) is 0 Å². The number of carbonyl (C=O) groups excluding carboxylic acids is 3. The number of nitrogens with zero attached hydrogens (tertiary/aromatic N) is 2. The molecule has 1 N–H and O–H groups in total. The molecule has 214 valence electrons. The molecule has 0 radical (unpaired) electrons. The second-order valence-corrected chi connectivity index (χ2v) is 9.98. The monoisotopic (exact) mass is 525 g/mol. The van der Waals surface area contributed by atoms with E-state index in [0.29, 0.717) is 13.1 Å². The zero-order valence-electron chi connectivity index (χ0n) is 23.9. The number of esters is 2. The number of hydrogen-bond acceptors (Lipinski definition) is 8. The van der Waals surface area contributed by atoms with Crippen molar-refractivity contribution in [1.82, 2.24) is 15.1 Å². The first-order valence-corrected chi connectivity index (χ1v) is 13.5. The Bertz CT molecular complexity index is 641. The lowest BCUT2D eigenvalue weighted by Crippen LogP contribution is -2.55. The van der Waals surface area contributed by atoms with Gasteiger partial charge in [-0.15, -0.1) is 0 Å². The molecular weight excluding hydrogens is 474 g/mol. The number of amides is 1. The Morgan fingerprint density at radius 1 is 0.811 bits per heavy atom. The van der Waals surface area contributed by atoms with Gasteiger partial charge in [-0.2, -0.15) is 0 Å². The van der Waals surface area contributed by atoms with Crippen molar-refractivity contribution >= 4 is 18.0 Å². The number of likely N-dealkylation sites (N-methyl/N-ethyl adjacent to an activating group) is 2. The molecule has 0 aliphatic rings. The number of rotatable bonds is 22. The van der Waals surface area contributed by atoms with E-state index >= 15 is 0 Å². The molecule has 1 amide bonds. The molecule has 0 atom stereocenters. The second-order valence-electron chi connectivity index (χ2n) is 9.98. The molecule has 0 aromatic heterocycles. The molecule has 0 saturated heterocycles. The van der Waals surface area contributed by atoms with Gasteiger partial charge in [0.25, 0.3) is 0 Å². The van der Waals surface area contributed by atoms with Crippen LogP contribution >= 0.6 is 0 Å². The summed E-state index contributed by atoms with van der Waals surface area (Å²) in [6.07, 6.45) is 10.3. The van der Waals surface area contributed by atoms with Crippen LogP contribution in [0.3, 0.4) is 0 Å². The average Bonchev–Trinajstić information content (AvgIpc) is 2.86. The van der Waals surface area contributed by atoms with Crippen molar-refractivity contribution in [3.8, 4) is 0 Å². The third-order valence-corrected chi connectivity index (χ3v) is 5.89. The molecule has 0 spiro atoms. The third-order valence-electron chi connectivity index (χ3n) is 5.89. The van der Waals surface area contributed by atoms with Crippen molar-refractivity contribution in [2.24, 2.45) is 0 Å². The highest BCUT2D eigenvalue weighted by molar-refractivity contribution is 5.82. The van der Waals surface area contributed by atoms with Gasteiger partial charge in [-0.3, -0.25) is 0 Å². The Morgan fingerprint density at radius 2 is 1.24 bits per heavy atom. The summed E-state index contributed by atoms with van der Waals surface area (Å²) in [4.78, 5) is 40.5. The molecule has 0 aliphatic heterocycles. The van der Waals surface area contributed by atoms with Crippen molar-refractivity contribution in [3.05, 3.63) is 25.3 Å². The van der Waals surface area contributed by atoms with Gasteiger partial charge in [-0.25, -0.2) is 14.4 Å². The smallest absolute Gasteiger partial charge is 0.408 e. The highest BCUT2D eigenvalue weighted by atomic mass is 16.6. The maximum Gasteiger partial charge on any atom is 0.408 e. The largest absolute Gasteiger partial charge is 0.460 e. The van der Waals surface area contributed by atoms with Gasteiger partial charge in [0.1, 0.15) is 24.9 Å². The average molecular weight is 526 g/mol. The lowest BCUT2D eigenvalue weighted by molar-refractivity contribution is -0.144. The van der Waals surface area contributed by atoms with Crippen LogP contribution in [0.4, 0.5) is 4.79 Å². The van der Waals surface area contributed by atoms with Crippen LogP contribution in [0, 0.1) is 0 Å². The van der Waals surface area contributed by atoms with Gasteiger partial charge >= 0.3 is 18.0 Å². The van der Waals surface area contributed by atoms with Crippen molar-refractivity contribution < 1.29 is 28.6 Å². The summed E-state index contributed by atoms with van der Waals surface area (Å²) >= 11 is 0. The number of alkyl carbamates (subject to hydrolysis) is 1. The summed E-state index contributed by atoms with van der Waals surface area (Å²) in [5.41, 5.74) is -1.20. The van der Waals surface area contributed by atoms with E-state index in [-0.39, 0.29) is 19.3 Å². The molecule has 9 heteroatoms. The standard InChI is InChI=1S/C28H51N3O6/c1-8-12-14-16-18-30(6)20-24(21-31(7)19-17-15-13-9-2)37-27(34)29-28(5,22-35-25(32)10-3)23-36-26(33)11-4/h10-11,24H,3-4,8-9,12-23H2,1-2,5-7H3,(H,29,34). The minimum atomic E-state index is -1.20. The Kier molecular flexibility index (Phi) is 19.3.